The molecule has 0 aliphatic carbocycles. The minimum Gasteiger partial charge on any atom is -0.390 e. The minimum atomic E-state index is -1.48. The second-order valence-corrected chi connectivity index (χ2v) is 5.87. The fourth-order valence-electron chi connectivity index (χ4n) is 1.66. The summed E-state index contributed by atoms with van der Waals surface area (Å²) in [5, 5.41) is 39.8. The van der Waals surface area contributed by atoms with Crippen LogP contribution in [-0.2, 0) is 0 Å². The van der Waals surface area contributed by atoms with Crippen molar-refractivity contribution in [3.8, 4) is 0 Å². The van der Waals surface area contributed by atoms with Crippen molar-refractivity contribution in [1.29, 1.82) is 0 Å². The molecule has 0 bridgehead atoms. The van der Waals surface area contributed by atoms with E-state index in [2.05, 4.69) is 6.58 Å². The second-order valence-electron chi connectivity index (χ2n) is 5.87. The van der Waals surface area contributed by atoms with E-state index in [4.69, 9.17) is 0 Å². The maximum absolute atomic E-state index is 10.2. The van der Waals surface area contributed by atoms with Gasteiger partial charge in [-0.25, -0.2) is 0 Å². The highest BCUT2D eigenvalue weighted by atomic mass is 16.4. The summed E-state index contributed by atoms with van der Waals surface area (Å²) < 4.78 is 0. The summed E-state index contributed by atoms with van der Waals surface area (Å²) in [7, 11) is 0. The number of aliphatic hydroxyl groups is 4. The summed E-state index contributed by atoms with van der Waals surface area (Å²) in [5.41, 5.74) is -1.62. The van der Waals surface area contributed by atoms with E-state index in [0.29, 0.717) is 12.8 Å². The number of hydrogen-bond donors (Lipinski definition) is 4. The van der Waals surface area contributed by atoms with Gasteiger partial charge in [-0.05, 0) is 40.5 Å². The van der Waals surface area contributed by atoms with E-state index in [1.165, 1.54) is 19.9 Å². The number of rotatable bonds is 8. The van der Waals surface area contributed by atoms with Gasteiger partial charge in [-0.3, -0.25) is 0 Å². The highest BCUT2D eigenvalue weighted by Crippen LogP contribution is 2.24. The van der Waals surface area contributed by atoms with Gasteiger partial charge in [-0.15, -0.1) is 6.58 Å². The van der Waals surface area contributed by atoms with Gasteiger partial charge < -0.3 is 20.4 Å². The van der Waals surface area contributed by atoms with E-state index in [1.807, 2.05) is 19.9 Å². The van der Waals surface area contributed by atoms with Gasteiger partial charge in [-0.2, -0.15) is 0 Å². The first-order valence-corrected chi connectivity index (χ1v) is 6.60. The molecule has 0 aliphatic heterocycles. The van der Waals surface area contributed by atoms with E-state index in [1.54, 1.807) is 0 Å². The Morgan fingerprint density at radius 1 is 1.16 bits per heavy atom. The molecule has 0 saturated heterocycles. The maximum atomic E-state index is 10.2. The molecule has 0 radical (unpaired) electrons. The van der Waals surface area contributed by atoms with Crippen LogP contribution in [0.5, 0.6) is 0 Å². The molecule has 0 aromatic heterocycles. The van der Waals surface area contributed by atoms with Crippen LogP contribution < -0.4 is 0 Å². The predicted molar refractivity (Wildman–Crippen MR) is 76.7 cm³/mol. The molecule has 4 N–H and O–H groups in total. The third-order valence-electron chi connectivity index (χ3n) is 3.46. The van der Waals surface area contributed by atoms with Crippen LogP contribution in [-0.4, -0.2) is 43.8 Å². The SMILES string of the molecule is C=CC(C)(O)C(O)CC(O)C(C)(O)CCC=C(C)C. The van der Waals surface area contributed by atoms with Crippen LogP contribution >= 0.6 is 0 Å². The standard InChI is InChI=1S/C15H28O4/c1-6-14(4,18)12(16)10-13(17)15(5,19)9-7-8-11(2)3/h6,8,12-13,16-19H,1,7,9-10H2,2-5H3. The van der Waals surface area contributed by atoms with Crippen molar-refractivity contribution in [1.82, 2.24) is 0 Å². The highest BCUT2D eigenvalue weighted by Gasteiger charge is 2.36. The average Bonchev–Trinajstić information content (AvgIpc) is 2.27. The van der Waals surface area contributed by atoms with E-state index >= 15 is 0 Å². The van der Waals surface area contributed by atoms with Gasteiger partial charge in [0, 0.05) is 6.42 Å². The van der Waals surface area contributed by atoms with Crippen molar-refractivity contribution in [2.45, 2.75) is 70.4 Å². The third kappa shape index (κ3) is 6.34. The molecule has 0 fully saturated rings. The number of allylic oxidation sites excluding steroid dienone is 2. The molecule has 0 rings (SSSR count). The molecule has 0 aromatic carbocycles. The Morgan fingerprint density at radius 2 is 1.68 bits per heavy atom. The summed E-state index contributed by atoms with van der Waals surface area (Å²) in [4.78, 5) is 0. The highest BCUT2D eigenvalue weighted by molar-refractivity contribution is 5.00. The molecule has 0 heterocycles. The van der Waals surface area contributed by atoms with E-state index in [-0.39, 0.29) is 6.42 Å². The Labute approximate surface area is 116 Å². The maximum Gasteiger partial charge on any atom is 0.106 e. The predicted octanol–water partition coefficient (Wildman–Crippen LogP) is 1.53. The van der Waals surface area contributed by atoms with Crippen LogP contribution in [0.2, 0.25) is 0 Å². The molecule has 4 unspecified atom stereocenters. The molecule has 4 nitrogen and oxygen atoms in total. The van der Waals surface area contributed by atoms with E-state index < -0.39 is 23.4 Å². The molecule has 4 heteroatoms. The van der Waals surface area contributed by atoms with Crippen molar-refractivity contribution in [3.05, 3.63) is 24.3 Å². The lowest BCUT2D eigenvalue weighted by Gasteiger charge is -2.33. The Bertz CT molecular complexity index is 314. The summed E-state index contributed by atoms with van der Waals surface area (Å²) in [6, 6.07) is 0. The van der Waals surface area contributed by atoms with Gasteiger partial charge >= 0.3 is 0 Å². The lowest BCUT2D eigenvalue weighted by molar-refractivity contribution is -0.108. The minimum absolute atomic E-state index is 0.110. The molecule has 112 valence electrons. The summed E-state index contributed by atoms with van der Waals surface area (Å²) in [6.07, 6.45) is 1.86. The molecular formula is C15H28O4. The normalized spacial score (nSPS) is 20.8. The van der Waals surface area contributed by atoms with Crippen LogP contribution in [0, 0.1) is 0 Å². The zero-order valence-corrected chi connectivity index (χ0v) is 12.4. The van der Waals surface area contributed by atoms with Crippen molar-refractivity contribution in [2.75, 3.05) is 0 Å². The van der Waals surface area contributed by atoms with Crippen LogP contribution in [0.25, 0.3) is 0 Å². The van der Waals surface area contributed by atoms with Gasteiger partial charge in [0.05, 0.1) is 17.8 Å². The van der Waals surface area contributed by atoms with E-state index in [9.17, 15) is 20.4 Å². The van der Waals surface area contributed by atoms with E-state index in [0.717, 1.165) is 5.57 Å². The summed E-state index contributed by atoms with van der Waals surface area (Å²) in [5.74, 6) is 0. The fourth-order valence-corrected chi connectivity index (χ4v) is 1.66. The Morgan fingerprint density at radius 3 is 2.11 bits per heavy atom. The lowest BCUT2D eigenvalue weighted by Crippen LogP contribution is -2.46. The Hall–Kier alpha value is -0.680. The van der Waals surface area contributed by atoms with Crippen LogP contribution in [0.4, 0.5) is 0 Å². The largest absolute Gasteiger partial charge is 0.390 e. The van der Waals surface area contributed by atoms with Gasteiger partial charge in [0.15, 0.2) is 0 Å². The van der Waals surface area contributed by atoms with Crippen LogP contribution in [0.1, 0.15) is 47.0 Å². The smallest absolute Gasteiger partial charge is 0.106 e. The van der Waals surface area contributed by atoms with Gasteiger partial charge in [0.2, 0.25) is 0 Å². The zero-order chi connectivity index (χ0) is 15.3. The van der Waals surface area contributed by atoms with Crippen molar-refractivity contribution in [3.63, 3.8) is 0 Å². The average molecular weight is 272 g/mol. The molecule has 0 aliphatic rings. The first-order chi connectivity index (χ1) is 8.53. The van der Waals surface area contributed by atoms with Crippen molar-refractivity contribution < 1.29 is 20.4 Å². The summed E-state index contributed by atoms with van der Waals surface area (Å²) >= 11 is 0. The Kier molecular flexibility index (Phi) is 6.94. The molecule has 19 heavy (non-hydrogen) atoms. The molecule has 0 amide bonds. The first-order valence-electron chi connectivity index (χ1n) is 6.60. The Balaban J connectivity index is 4.50. The van der Waals surface area contributed by atoms with Gasteiger partial charge in [0.1, 0.15) is 5.60 Å². The monoisotopic (exact) mass is 272 g/mol. The molecule has 0 spiro atoms. The van der Waals surface area contributed by atoms with Crippen molar-refractivity contribution >= 4 is 0 Å². The van der Waals surface area contributed by atoms with Gasteiger partial charge in [0.25, 0.3) is 0 Å². The topological polar surface area (TPSA) is 80.9 Å². The molecule has 0 aromatic rings. The first kappa shape index (κ1) is 18.3. The van der Waals surface area contributed by atoms with Crippen LogP contribution in [0.3, 0.4) is 0 Å². The number of aliphatic hydroxyl groups excluding tert-OH is 2. The zero-order valence-electron chi connectivity index (χ0n) is 12.4. The number of hydrogen-bond acceptors (Lipinski definition) is 4. The second kappa shape index (κ2) is 7.20. The molecule has 0 saturated carbocycles. The van der Waals surface area contributed by atoms with Crippen molar-refractivity contribution in [2.24, 2.45) is 0 Å². The molecule has 4 atom stereocenters. The van der Waals surface area contributed by atoms with Crippen LogP contribution in [0.15, 0.2) is 24.3 Å². The quantitative estimate of drug-likeness (QED) is 0.505. The lowest BCUT2D eigenvalue weighted by atomic mass is 9.85. The van der Waals surface area contributed by atoms with Gasteiger partial charge in [-0.1, -0.05) is 17.7 Å². The molecular weight excluding hydrogens is 244 g/mol. The summed E-state index contributed by atoms with van der Waals surface area (Å²) in [6.45, 7) is 10.3. The fraction of sp³-hybridized carbons (Fsp3) is 0.733. The third-order valence-corrected chi connectivity index (χ3v) is 3.46.